The zero-order chi connectivity index (χ0) is 19.6. The number of nitrogens with one attached hydrogen (secondary N) is 1. The van der Waals surface area contributed by atoms with E-state index in [0.29, 0.717) is 12.3 Å². The van der Waals surface area contributed by atoms with Crippen LogP contribution in [0, 0.1) is 30.9 Å². The first kappa shape index (κ1) is 18.2. The molecule has 8 nitrogen and oxygen atoms in total. The molecule has 27 heavy (non-hydrogen) atoms. The summed E-state index contributed by atoms with van der Waals surface area (Å²) < 4.78 is 5.48. The number of hydrogen-bond acceptors (Lipinski definition) is 6. The molecule has 8 heteroatoms. The molecule has 1 N–H and O–H groups in total. The molecule has 3 aromatic rings. The number of rotatable bonds is 5. The second kappa shape index (κ2) is 7.36. The smallest absolute Gasteiger partial charge is 0.322 e. The minimum absolute atomic E-state index is 0.0512. The molecule has 0 saturated carbocycles. The van der Waals surface area contributed by atoms with Gasteiger partial charge in [-0.25, -0.2) is 0 Å². The van der Waals surface area contributed by atoms with Crippen LogP contribution < -0.4 is 5.32 Å². The van der Waals surface area contributed by atoms with Crippen LogP contribution in [-0.4, -0.2) is 21.0 Å². The lowest BCUT2D eigenvalue weighted by atomic mass is 10.0. The summed E-state index contributed by atoms with van der Waals surface area (Å²) in [7, 11) is 0. The van der Waals surface area contributed by atoms with Gasteiger partial charge in [0.1, 0.15) is 0 Å². The van der Waals surface area contributed by atoms with E-state index in [4.69, 9.17) is 4.42 Å². The molecule has 0 aliphatic rings. The molecule has 1 amide bonds. The van der Waals surface area contributed by atoms with Crippen molar-refractivity contribution in [2.24, 2.45) is 0 Å². The van der Waals surface area contributed by atoms with Crippen LogP contribution >= 0.6 is 0 Å². The van der Waals surface area contributed by atoms with Gasteiger partial charge in [-0.1, -0.05) is 29.4 Å². The lowest BCUT2D eigenvalue weighted by molar-refractivity contribution is -0.385. The topological polar surface area (TPSA) is 111 Å². The monoisotopic (exact) mass is 366 g/mol. The Bertz CT molecular complexity index is 1030. The predicted molar refractivity (Wildman–Crippen MR) is 98.8 cm³/mol. The second-order valence-corrected chi connectivity index (χ2v) is 6.26. The van der Waals surface area contributed by atoms with Gasteiger partial charge in [0.15, 0.2) is 0 Å². The average molecular weight is 366 g/mol. The van der Waals surface area contributed by atoms with E-state index in [0.717, 1.165) is 5.56 Å². The Labute approximate surface area is 155 Å². The van der Waals surface area contributed by atoms with Gasteiger partial charge in [-0.3, -0.25) is 20.2 Å². The summed E-state index contributed by atoms with van der Waals surface area (Å²) in [4.78, 5) is 22.9. The molecule has 0 spiro atoms. The number of anilines is 1. The molecule has 0 unspecified atom stereocenters. The van der Waals surface area contributed by atoms with Gasteiger partial charge in [-0.05, 0) is 43.5 Å². The van der Waals surface area contributed by atoms with E-state index in [9.17, 15) is 14.9 Å². The Morgan fingerprint density at radius 3 is 2.63 bits per heavy atom. The number of nitro benzene ring substituents is 1. The van der Waals surface area contributed by atoms with Crippen LogP contribution in [0.3, 0.4) is 0 Å². The number of hydrogen-bond donors (Lipinski definition) is 1. The molecular weight excluding hydrogens is 348 g/mol. The zero-order valence-corrected chi connectivity index (χ0v) is 15.1. The largest absolute Gasteiger partial charge is 0.407 e. The van der Waals surface area contributed by atoms with Crippen molar-refractivity contribution in [1.82, 2.24) is 10.2 Å². The lowest BCUT2D eigenvalue weighted by Crippen LogP contribution is -2.14. The van der Waals surface area contributed by atoms with Gasteiger partial charge < -0.3 is 4.42 Å². The Kier molecular flexibility index (Phi) is 4.98. The predicted octanol–water partition coefficient (Wildman–Crippen LogP) is 3.75. The number of nitrogens with zero attached hydrogens (tertiary/aromatic N) is 3. The molecule has 0 bridgehead atoms. The Morgan fingerprint density at radius 2 is 1.93 bits per heavy atom. The van der Waals surface area contributed by atoms with Crippen LogP contribution in [0.25, 0.3) is 0 Å². The van der Waals surface area contributed by atoms with Crippen LogP contribution in [-0.2, 0) is 6.42 Å². The van der Waals surface area contributed by atoms with Crippen LogP contribution in [0.1, 0.15) is 38.5 Å². The van der Waals surface area contributed by atoms with Gasteiger partial charge >= 0.3 is 6.01 Å². The fourth-order valence-electron chi connectivity index (χ4n) is 2.70. The fraction of sp³-hybridized carbons (Fsp3) is 0.211. The van der Waals surface area contributed by atoms with Crippen molar-refractivity contribution in [1.29, 1.82) is 0 Å². The number of aryl methyl sites for hydroxylation is 2. The van der Waals surface area contributed by atoms with Crippen molar-refractivity contribution >= 4 is 17.6 Å². The quantitative estimate of drug-likeness (QED) is 0.544. The summed E-state index contributed by atoms with van der Waals surface area (Å²) in [6.45, 7) is 5.58. The Balaban J connectivity index is 1.74. The van der Waals surface area contributed by atoms with Crippen molar-refractivity contribution in [2.45, 2.75) is 27.2 Å². The first-order chi connectivity index (χ1) is 12.8. The number of benzene rings is 2. The van der Waals surface area contributed by atoms with Gasteiger partial charge in [-0.15, -0.1) is 5.10 Å². The number of carbonyl (C=O) groups excluding carboxylic acids is 1. The molecule has 0 radical (unpaired) electrons. The van der Waals surface area contributed by atoms with E-state index in [1.807, 2.05) is 32.0 Å². The van der Waals surface area contributed by atoms with Gasteiger partial charge in [-0.2, -0.15) is 0 Å². The summed E-state index contributed by atoms with van der Waals surface area (Å²) in [6, 6.07) is 10.3. The van der Waals surface area contributed by atoms with Gasteiger partial charge in [0, 0.05) is 17.2 Å². The lowest BCUT2D eigenvalue weighted by Gasteiger charge is -2.05. The third-order valence-corrected chi connectivity index (χ3v) is 4.36. The summed E-state index contributed by atoms with van der Waals surface area (Å²) >= 11 is 0. The van der Waals surface area contributed by atoms with E-state index in [1.54, 1.807) is 0 Å². The molecule has 3 rings (SSSR count). The van der Waals surface area contributed by atoms with Crippen LogP contribution in [0.15, 0.2) is 40.8 Å². The highest BCUT2D eigenvalue weighted by atomic mass is 16.6. The molecule has 0 saturated heterocycles. The van der Waals surface area contributed by atoms with Gasteiger partial charge in [0.25, 0.3) is 11.6 Å². The molecule has 1 aromatic heterocycles. The van der Waals surface area contributed by atoms with E-state index >= 15 is 0 Å². The molecule has 0 atom stereocenters. The van der Waals surface area contributed by atoms with Crippen LogP contribution in [0.2, 0.25) is 0 Å². The van der Waals surface area contributed by atoms with Gasteiger partial charge in [0.05, 0.1) is 11.3 Å². The maximum atomic E-state index is 12.4. The highest BCUT2D eigenvalue weighted by Crippen LogP contribution is 2.22. The van der Waals surface area contributed by atoms with Gasteiger partial charge in [0.2, 0.25) is 5.89 Å². The number of nitro groups is 1. The maximum absolute atomic E-state index is 12.4. The summed E-state index contributed by atoms with van der Waals surface area (Å²) in [5.41, 5.74) is 3.72. The molecule has 2 aromatic carbocycles. The normalized spacial score (nSPS) is 10.6. The minimum atomic E-state index is -0.544. The van der Waals surface area contributed by atoms with Crippen molar-refractivity contribution in [2.75, 3.05) is 5.32 Å². The minimum Gasteiger partial charge on any atom is -0.407 e. The third kappa shape index (κ3) is 4.00. The van der Waals surface area contributed by atoms with E-state index < -0.39 is 10.8 Å². The fourth-order valence-corrected chi connectivity index (χ4v) is 2.70. The van der Waals surface area contributed by atoms with Crippen molar-refractivity contribution in [3.8, 4) is 0 Å². The second-order valence-electron chi connectivity index (χ2n) is 6.26. The number of amides is 1. The molecule has 138 valence electrons. The molecule has 0 aliphatic heterocycles. The van der Waals surface area contributed by atoms with Crippen LogP contribution in [0.4, 0.5) is 11.7 Å². The number of aromatic nitrogens is 2. The van der Waals surface area contributed by atoms with E-state index in [-0.39, 0.29) is 22.8 Å². The van der Waals surface area contributed by atoms with Crippen molar-refractivity contribution in [3.63, 3.8) is 0 Å². The van der Waals surface area contributed by atoms with E-state index in [2.05, 4.69) is 15.5 Å². The average Bonchev–Trinajstić information content (AvgIpc) is 3.04. The summed E-state index contributed by atoms with van der Waals surface area (Å²) in [5.74, 6) is -0.179. The summed E-state index contributed by atoms with van der Waals surface area (Å²) in [5, 5.41) is 21.3. The standard InChI is InChI=1S/C19H18N4O4/c1-11-7-8-14(9-12(11)2)10-17-21-22-19(27-17)20-18(24)15-5-4-6-16(13(15)3)23(25)26/h4-9H,10H2,1-3H3,(H,20,22,24). The molecule has 0 fully saturated rings. The maximum Gasteiger partial charge on any atom is 0.322 e. The number of carbonyl (C=O) groups is 1. The third-order valence-electron chi connectivity index (χ3n) is 4.36. The highest BCUT2D eigenvalue weighted by molar-refractivity contribution is 6.04. The van der Waals surface area contributed by atoms with Crippen molar-refractivity contribution < 1.29 is 14.1 Å². The summed E-state index contributed by atoms with van der Waals surface area (Å²) in [6.07, 6.45) is 0.444. The molecule has 1 heterocycles. The Hall–Kier alpha value is -3.55. The zero-order valence-electron chi connectivity index (χ0n) is 15.1. The Morgan fingerprint density at radius 1 is 1.15 bits per heavy atom. The highest BCUT2D eigenvalue weighted by Gasteiger charge is 2.19. The molecular formula is C19H18N4O4. The van der Waals surface area contributed by atoms with E-state index in [1.165, 1.54) is 36.2 Å². The first-order valence-corrected chi connectivity index (χ1v) is 8.29. The van der Waals surface area contributed by atoms with Crippen molar-refractivity contribution in [3.05, 3.63) is 80.2 Å². The SMILES string of the molecule is Cc1ccc(Cc2nnc(NC(=O)c3cccc([N+](=O)[O-])c3C)o2)cc1C. The molecule has 0 aliphatic carbocycles. The van der Waals surface area contributed by atoms with Crippen LogP contribution in [0.5, 0.6) is 0 Å². The first-order valence-electron chi connectivity index (χ1n) is 8.29.